The molecule has 2 N–H and O–H groups in total. The molecule has 1 aliphatic carbocycles. The normalized spacial score (nSPS) is 45.2. The van der Waals surface area contributed by atoms with Crippen LogP contribution in [-0.4, -0.2) is 31.4 Å². The first kappa shape index (κ1) is 9.68. The van der Waals surface area contributed by atoms with E-state index in [-0.39, 0.29) is 5.60 Å². The summed E-state index contributed by atoms with van der Waals surface area (Å²) in [5.41, 5.74) is 0.316. The number of nitrogens with one attached hydrogen (secondary N) is 1. The first-order valence-corrected chi connectivity index (χ1v) is 8.98. The first-order valence-electron chi connectivity index (χ1n) is 5.40. The summed E-state index contributed by atoms with van der Waals surface area (Å²) in [6.45, 7) is 8.20. The first-order chi connectivity index (χ1) is 5.94. The molecule has 76 valence electrons. The van der Waals surface area contributed by atoms with Crippen LogP contribution in [0.5, 0.6) is 0 Å². The minimum atomic E-state index is -1.12. The highest BCUT2D eigenvalue weighted by molar-refractivity contribution is 6.78. The second-order valence-corrected chi connectivity index (χ2v) is 11.2. The predicted molar refractivity (Wildman–Crippen MR) is 57.7 cm³/mol. The van der Waals surface area contributed by atoms with Crippen LogP contribution in [0.4, 0.5) is 0 Å². The third kappa shape index (κ3) is 1.58. The Labute approximate surface area is 81.7 Å². The number of rotatable bonds is 2. The summed E-state index contributed by atoms with van der Waals surface area (Å²) in [7, 11) is -1.12. The molecule has 1 heterocycles. The van der Waals surface area contributed by atoms with Crippen molar-refractivity contribution in [1.82, 2.24) is 5.32 Å². The van der Waals surface area contributed by atoms with Gasteiger partial charge in [0.25, 0.3) is 0 Å². The number of aliphatic hydroxyl groups is 1. The summed E-state index contributed by atoms with van der Waals surface area (Å²) >= 11 is 0. The average Bonchev–Trinajstić information content (AvgIpc) is 2.48. The summed E-state index contributed by atoms with van der Waals surface area (Å²) < 4.78 is 0. The molecule has 0 radical (unpaired) electrons. The molecule has 0 bridgehead atoms. The van der Waals surface area contributed by atoms with Crippen molar-refractivity contribution in [2.45, 2.75) is 56.1 Å². The summed E-state index contributed by atoms with van der Waals surface area (Å²) in [6.07, 6.45) is 3.48. The fourth-order valence-corrected chi connectivity index (χ4v) is 5.46. The van der Waals surface area contributed by atoms with Crippen LogP contribution in [0.2, 0.25) is 25.2 Å². The van der Waals surface area contributed by atoms with E-state index in [1.54, 1.807) is 0 Å². The monoisotopic (exact) mass is 199 g/mol. The Kier molecular flexibility index (Phi) is 2.09. The summed E-state index contributed by atoms with van der Waals surface area (Å²) in [5.74, 6) is 0. The molecule has 2 fully saturated rings. The summed E-state index contributed by atoms with van der Waals surface area (Å²) in [5, 5.41) is 13.8. The Bertz CT molecular complexity index is 207. The maximum atomic E-state index is 10.4. The molecule has 0 aromatic heterocycles. The van der Waals surface area contributed by atoms with Gasteiger partial charge in [-0.2, -0.15) is 0 Å². The van der Waals surface area contributed by atoms with Crippen molar-refractivity contribution in [3.05, 3.63) is 0 Å². The molecule has 0 aromatic rings. The van der Waals surface area contributed by atoms with Gasteiger partial charge in [-0.15, -0.1) is 0 Å². The lowest BCUT2D eigenvalue weighted by molar-refractivity contribution is 0.110. The van der Waals surface area contributed by atoms with E-state index in [0.717, 1.165) is 13.0 Å². The van der Waals surface area contributed by atoms with Crippen LogP contribution >= 0.6 is 0 Å². The van der Waals surface area contributed by atoms with Crippen LogP contribution in [-0.2, 0) is 0 Å². The smallest absolute Gasteiger partial charge is 0.0806 e. The van der Waals surface area contributed by atoms with Crippen LogP contribution in [0, 0.1) is 0 Å². The number of hydrogen-bond donors (Lipinski definition) is 2. The lowest BCUT2D eigenvalue weighted by Gasteiger charge is -2.24. The van der Waals surface area contributed by atoms with Crippen LogP contribution in [0.3, 0.4) is 0 Å². The molecule has 0 spiro atoms. The van der Waals surface area contributed by atoms with E-state index in [9.17, 15) is 5.11 Å². The summed E-state index contributed by atoms with van der Waals surface area (Å²) in [4.78, 5) is 0. The molecular formula is C10H21NOSi. The van der Waals surface area contributed by atoms with Gasteiger partial charge in [-0.1, -0.05) is 19.6 Å². The van der Waals surface area contributed by atoms with Crippen molar-refractivity contribution in [3.8, 4) is 0 Å². The van der Waals surface area contributed by atoms with Crippen molar-refractivity contribution >= 4 is 8.07 Å². The maximum Gasteiger partial charge on any atom is 0.0806 e. The van der Waals surface area contributed by atoms with Gasteiger partial charge in [0.1, 0.15) is 0 Å². The fraction of sp³-hybridized carbons (Fsp3) is 1.00. The highest BCUT2D eigenvalue weighted by Crippen LogP contribution is 2.58. The largest absolute Gasteiger partial charge is 0.388 e. The number of hydrogen-bond acceptors (Lipinski definition) is 2. The van der Waals surface area contributed by atoms with Crippen LogP contribution in [0.15, 0.2) is 0 Å². The van der Waals surface area contributed by atoms with E-state index in [2.05, 4.69) is 25.0 Å². The van der Waals surface area contributed by atoms with Crippen molar-refractivity contribution < 1.29 is 5.11 Å². The minimum Gasteiger partial charge on any atom is -0.388 e. The third-order valence-corrected chi connectivity index (χ3v) is 6.48. The Balaban J connectivity index is 2.01. The Morgan fingerprint density at radius 1 is 1.38 bits per heavy atom. The molecule has 1 saturated carbocycles. The molecule has 1 aliphatic heterocycles. The van der Waals surface area contributed by atoms with E-state index < -0.39 is 8.07 Å². The van der Waals surface area contributed by atoms with Crippen molar-refractivity contribution in [3.63, 3.8) is 0 Å². The molecule has 1 saturated heterocycles. The quantitative estimate of drug-likeness (QED) is 0.662. The highest BCUT2D eigenvalue weighted by atomic mass is 28.3. The lowest BCUT2D eigenvalue weighted by atomic mass is 10.1. The molecule has 2 rings (SSSR count). The molecule has 3 atom stereocenters. The van der Waals surface area contributed by atoms with E-state index in [4.69, 9.17) is 0 Å². The Hall–Kier alpha value is 0.137. The van der Waals surface area contributed by atoms with Gasteiger partial charge in [-0.05, 0) is 31.3 Å². The van der Waals surface area contributed by atoms with E-state index >= 15 is 0 Å². The zero-order chi connectivity index (χ0) is 9.69. The standard InChI is InChI=1S/C10H21NOSi/c1-13(2,3)9-7-10(9,12)8-5-4-6-11-8/h8-9,11-12H,4-7H2,1-3H3/t8-,9+,10?/m0/s1. The van der Waals surface area contributed by atoms with Gasteiger partial charge in [-0.25, -0.2) is 0 Å². The summed E-state index contributed by atoms with van der Waals surface area (Å²) in [6, 6.07) is 0.407. The topological polar surface area (TPSA) is 32.3 Å². The Morgan fingerprint density at radius 3 is 2.46 bits per heavy atom. The molecule has 2 aliphatic rings. The maximum absolute atomic E-state index is 10.4. The second-order valence-electron chi connectivity index (χ2n) is 5.76. The van der Waals surface area contributed by atoms with Crippen LogP contribution < -0.4 is 5.32 Å². The fourth-order valence-electron chi connectivity index (χ4n) is 2.82. The second kappa shape index (κ2) is 2.81. The van der Waals surface area contributed by atoms with Gasteiger partial charge in [0.2, 0.25) is 0 Å². The van der Waals surface area contributed by atoms with Crippen molar-refractivity contribution in [2.75, 3.05) is 6.54 Å². The lowest BCUT2D eigenvalue weighted by Crippen LogP contribution is -2.40. The van der Waals surface area contributed by atoms with Crippen LogP contribution in [0.1, 0.15) is 19.3 Å². The van der Waals surface area contributed by atoms with E-state index in [1.165, 1.54) is 12.8 Å². The predicted octanol–water partition coefficient (Wildman–Crippen LogP) is 1.58. The van der Waals surface area contributed by atoms with Gasteiger partial charge in [0.05, 0.1) is 13.7 Å². The molecule has 0 amide bonds. The van der Waals surface area contributed by atoms with Crippen molar-refractivity contribution in [2.24, 2.45) is 0 Å². The van der Waals surface area contributed by atoms with Gasteiger partial charge in [0.15, 0.2) is 0 Å². The minimum absolute atomic E-state index is 0.318. The molecule has 1 unspecified atom stereocenters. The van der Waals surface area contributed by atoms with Gasteiger partial charge in [-0.3, -0.25) is 0 Å². The average molecular weight is 199 g/mol. The van der Waals surface area contributed by atoms with Gasteiger partial charge < -0.3 is 10.4 Å². The van der Waals surface area contributed by atoms with Gasteiger partial charge >= 0.3 is 0 Å². The molecular weight excluding hydrogens is 178 g/mol. The zero-order valence-electron chi connectivity index (χ0n) is 8.93. The van der Waals surface area contributed by atoms with Crippen molar-refractivity contribution in [1.29, 1.82) is 0 Å². The van der Waals surface area contributed by atoms with E-state index in [1.807, 2.05) is 0 Å². The zero-order valence-corrected chi connectivity index (χ0v) is 9.93. The highest BCUT2D eigenvalue weighted by Gasteiger charge is 2.62. The molecule has 2 nitrogen and oxygen atoms in total. The molecule has 3 heteroatoms. The molecule has 13 heavy (non-hydrogen) atoms. The third-order valence-electron chi connectivity index (χ3n) is 3.68. The van der Waals surface area contributed by atoms with Gasteiger partial charge in [0, 0.05) is 6.04 Å². The van der Waals surface area contributed by atoms with E-state index in [0.29, 0.717) is 11.6 Å². The SMILES string of the molecule is C[Si](C)(C)[C@@H]1CC1(O)[C@@H]1CCCN1. The Morgan fingerprint density at radius 2 is 2.08 bits per heavy atom. The van der Waals surface area contributed by atoms with Crippen LogP contribution in [0.25, 0.3) is 0 Å². The molecule has 0 aromatic carbocycles.